The van der Waals surface area contributed by atoms with Gasteiger partial charge in [-0.15, -0.1) is 0 Å². The molecule has 0 spiro atoms. The van der Waals surface area contributed by atoms with Gasteiger partial charge in [-0.25, -0.2) is 0 Å². The maximum atomic E-state index is 5.62. The first-order valence-corrected chi connectivity index (χ1v) is 7.18. The molecule has 0 fully saturated rings. The summed E-state index contributed by atoms with van der Waals surface area (Å²) in [5, 5.41) is 3.41. The Morgan fingerprint density at radius 1 is 1.24 bits per heavy atom. The average molecular weight is 347 g/mol. The van der Waals surface area contributed by atoms with Gasteiger partial charge in [0.15, 0.2) is 11.5 Å². The van der Waals surface area contributed by atoms with Crippen molar-refractivity contribution in [2.45, 2.75) is 19.8 Å². The van der Waals surface area contributed by atoms with Gasteiger partial charge in [0, 0.05) is 0 Å². The molecule has 1 aromatic carbocycles. The van der Waals surface area contributed by atoms with Crippen molar-refractivity contribution in [3.8, 4) is 11.5 Å². The third-order valence-electron chi connectivity index (χ3n) is 2.67. The second kappa shape index (κ2) is 6.44. The van der Waals surface area contributed by atoms with Gasteiger partial charge in [0.2, 0.25) is 0 Å². The Labute approximate surface area is 116 Å². The minimum absolute atomic E-state index is 0.653. The van der Waals surface area contributed by atoms with E-state index in [1.807, 2.05) is 0 Å². The van der Waals surface area contributed by atoms with Crippen LogP contribution in [-0.2, 0) is 6.42 Å². The lowest BCUT2D eigenvalue weighted by molar-refractivity contribution is 0.170. The molecular weight excluding hydrogens is 329 g/mol. The number of fused-ring (bicyclic) bond motifs is 1. The fraction of sp³-hybridized carbons (Fsp3) is 0.538. The smallest absolute Gasteiger partial charge is 0.174 e. The number of hydrogen-bond donors (Lipinski definition) is 1. The van der Waals surface area contributed by atoms with Crippen molar-refractivity contribution in [3.63, 3.8) is 0 Å². The molecular formula is C13H18INO2. The SMILES string of the molecule is CCCNCCc1cc(I)c2c(c1)OCCO2. The first-order valence-electron chi connectivity index (χ1n) is 6.10. The molecule has 4 heteroatoms. The molecule has 0 aromatic heterocycles. The van der Waals surface area contributed by atoms with E-state index in [2.05, 4.69) is 47.0 Å². The Morgan fingerprint density at radius 2 is 2.06 bits per heavy atom. The molecule has 0 unspecified atom stereocenters. The van der Waals surface area contributed by atoms with Crippen LogP contribution in [0.25, 0.3) is 0 Å². The lowest BCUT2D eigenvalue weighted by Crippen LogP contribution is -2.19. The molecule has 2 rings (SSSR count). The number of nitrogens with one attached hydrogen (secondary N) is 1. The monoisotopic (exact) mass is 347 g/mol. The van der Waals surface area contributed by atoms with E-state index in [0.717, 1.165) is 34.6 Å². The van der Waals surface area contributed by atoms with Crippen LogP contribution in [0.2, 0.25) is 0 Å². The maximum Gasteiger partial charge on any atom is 0.174 e. The maximum absolute atomic E-state index is 5.62. The zero-order chi connectivity index (χ0) is 12.1. The third kappa shape index (κ3) is 3.48. The predicted octanol–water partition coefficient (Wildman–Crippen LogP) is 2.60. The quantitative estimate of drug-likeness (QED) is 0.656. The topological polar surface area (TPSA) is 30.5 Å². The lowest BCUT2D eigenvalue weighted by atomic mass is 10.1. The minimum atomic E-state index is 0.653. The van der Waals surface area contributed by atoms with Gasteiger partial charge in [0.25, 0.3) is 0 Å². The summed E-state index contributed by atoms with van der Waals surface area (Å²) >= 11 is 2.31. The molecule has 0 saturated heterocycles. The van der Waals surface area contributed by atoms with E-state index in [9.17, 15) is 0 Å². The van der Waals surface area contributed by atoms with E-state index < -0.39 is 0 Å². The van der Waals surface area contributed by atoms with Crippen molar-refractivity contribution in [3.05, 3.63) is 21.3 Å². The Balaban J connectivity index is 2.01. The number of benzene rings is 1. The molecule has 0 radical (unpaired) electrons. The van der Waals surface area contributed by atoms with Gasteiger partial charge in [-0.3, -0.25) is 0 Å². The normalized spacial score (nSPS) is 13.8. The second-order valence-electron chi connectivity index (χ2n) is 4.10. The summed E-state index contributed by atoms with van der Waals surface area (Å²) in [6.07, 6.45) is 2.21. The van der Waals surface area contributed by atoms with Crippen LogP contribution in [0.4, 0.5) is 0 Å². The number of ether oxygens (including phenoxy) is 2. The van der Waals surface area contributed by atoms with Crippen LogP contribution in [0.5, 0.6) is 11.5 Å². The molecule has 0 amide bonds. The van der Waals surface area contributed by atoms with Gasteiger partial charge in [-0.2, -0.15) is 0 Å². The highest BCUT2D eigenvalue weighted by molar-refractivity contribution is 14.1. The first-order chi connectivity index (χ1) is 8.31. The van der Waals surface area contributed by atoms with E-state index in [1.54, 1.807) is 0 Å². The highest BCUT2D eigenvalue weighted by Gasteiger charge is 2.15. The van der Waals surface area contributed by atoms with Crippen LogP contribution >= 0.6 is 22.6 Å². The summed E-state index contributed by atoms with van der Waals surface area (Å²) in [5.41, 5.74) is 1.31. The Bertz CT molecular complexity index is 382. The van der Waals surface area contributed by atoms with E-state index in [4.69, 9.17) is 9.47 Å². The molecule has 0 aliphatic carbocycles. The summed E-state index contributed by atoms with van der Waals surface area (Å²) < 4.78 is 12.4. The standard InChI is InChI=1S/C13H18INO2/c1-2-4-15-5-3-10-8-11(14)13-12(9-10)16-6-7-17-13/h8-9,15H,2-7H2,1H3. The van der Waals surface area contributed by atoms with Crippen molar-refractivity contribution in [1.29, 1.82) is 0 Å². The fourth-order valence-electron chi connectivity index (χ4n) is 1.84. The van der Waals surface area contributed by atoms with Crippen LogP contribution in [0.15, 0.2) is 12.1 Å². The van der Waals surface area contributed by atoms with Gasteiger partial charge in [-0.05, 0) is 66.2 Å². The van der Waals surface area contributed by atoms with Crippen LogP contribution in [0, 0.1) is 3.57 Å². The molecule has 1 N–H and O–H groups in total. The summed E-state index contributed by atoms with van der Waals surface area (Å²) in [7, 11) is 0. The minimum Gasteiger partial charge on any atom is -0.486 e. The molecule has 0 atom stereocenters. The summed E-state index contributed by atoms with van der Waals surface area (Å²) in [6.45, 7) is 5.59. The molecule has 1 aromatic rings. The van der Waals surface area contributed by atoms with Gasteiger partial charge in [0.05, 0.1) is 3.57 Å². The van der Waals surface area contributed by atoms with E-state index in [0.29, 0.717) is 13.2 Å². The second-order valence-corrected chi connectivity index (χ2v) is 5.26. The number of rotatable bonds is 5. The van der Waals surface area contributed by atoms with E-state index >= 15 is 0 Å². The molecule has 1 heterocycles. The first kappa shape index (κ1) is 13.0. The Morgan fingerprint density at radius 3 is 2.88 bits per heavy atom. The molecule has 1 aliphatic heterocycles. The molecule has 0 bridgehead atoms. The Kier molecular flexibility index (Phi) is 4.91. The van der Waals surface area contributed by atoms with Crippen LogP contribution < -0.4 is 14.8 Å². The molecule has 1 aliphatic rings. The van der Waals surface area contributed by atoms with Crippen LogP contribution in [0.1, 0.15) is 18.9 Å². The average Bonchev–Trinajstić information content (AvgIpc) is 2.35. The predicted molar refractivity (Wildman–Crippen MR) is 77.0 cm³/mol. The van der Waals surface area contributed by atoms with Crippen LogP contribution in [-0.4, -0.2) is 26.3 Å². The lowest BCUT2D eigenvalue weighted by Gasteiger charge is -2.20. The number of hydrogen-bond acceptors (Lipinski definition) is 3. The van der Waals surface area contributed by atoms with Crippen molar-refractivity contribution in [1.82, 2.24) is 5.32 Å². The zero-order valence-corrected chi connectivity index (χ0v) is 12.2. The Hall–Kier alpha value is -0.490. The zero-order valence-electron chi connectivity index (χ0n) is 10.1. The van der Waals surface area contributed by atoms with Gasteiger partial charge >= 0.3 is 0 Å². The van der Waals surface area contributed by atoms with Crippen molar-refractivity contribution in [2.24, 2.45) is 0 Å². The largest absolute Gasteiger partial charge is 0.486 e. The van der Waals surface area contributed by atoms with E-state index in [1.165, 1.54) is 12.0 Å². The van der Waals surface area contributed by atoms with E-state index in [-0.39, 0.29) is 0 Å². The van der Waals surface area contributed by atoms with Gasteiger partial charge in [0.1, 0.15) is 13.2 Å². The van der Waals surface area contributed by atoms with Crippen molar-refractivity contribution in [2.75, 3.05) is 26.3 Å². The highest BCUT2D eigenvalue weighted by Crippen LogP contribution is 2.36. The van der Waals surface area contributed by atoms with Crippen molar-refractivity contribution >= 4 is 22.6 Å². The number of halogens is 1. The van der Waals surface area contributed by atoms with Gasteiger partial charge < -0.3 is 14.8 Å². The molecule has 0 saturated carbocycles. The summed E-state index contributed by atoms with van der Waals surface area (Å²) in [4.78, 5) is 0. The van der Waals surface area contributed by atoms with Gasteiger partial charge in [-0.1, -0.05) is 6.92 Å². The van der Waals surface area contributed by atoms with Crippen LogP contribution in [0.3, 0.4) is 0 Å². The highest BCUT2D eigenvalue weighted by atomic mass is 127. The fourth-order valence-corrected chi connectivity index (χ4v) is 2.66. The molecule has 94 valence electrons. The summed E-state index contributed by atoms with van der Waals surface area (Å²) in [6, 6.07) is 4.28. The molecule has 17 heavy (non-hydrogen) atoms. The third-order valence-corrected chi connectivity index (χ3v) is 3.48. The van der Waals surface area contributed by atoms with Crippen molar-refractivity contribution < 1.29 is 9.47 Å². The summed E-state index contributed by atoms with van der Waals surface area (Å²) in [5.74, 6) is 1.80. The molecule has 3 nitrogen and oxygen atoms in total.